The summed E-state index contributed by atoms with van der Waals surface area (Å²) in [7, 11) is 2.22. The quantitative estimate of drug-likeness (QED) is 0.699. The third-order valence-corrected chi connectivity index (χ3v) is 6.58. The van der Waals surface area contributed by atoms with Crippen LogP contribution in [0.1, 0.15) is 23.8 Å². The van der Waals surface area contributed by atoms with Gasteiger partial charge in [0.2, 0.25) is 5.89 Å². The highest BCUT2D eigenvalue weighted by Crippen LogP contribution is 2.50. The maximum Gasteiger partial charge on any atom is 0.209 e. The molecule has 1 aromatic heterocycles. The minimum absolute atomic E-state index is 0.588. The third-order valence-electron chi connectivity index (χ3n) is 6.58. The number of likely N-dealkylation sites (N-methyl/N-ethyl adjacent to an activating group) is 1. The third kappa shape index (κ3) is 2.31. The first-order chi connectivity index (χ1) is 13.3. The summed E-state index contributed by atoms with van der Waals surface area (Å²) in [4.78, 5) is 12.3. The van der Waals surface area contributed by atoms with Crippen molar-refractivity contribution in [2.45, 2.75) is 24.9 Å². The largest absolute Gasteiger partial charge is 0.439 e. The number of rotatable bonds is 2. The molecule has 3 aliphatic heterocycles. The lowest BCUT2D eigenvalue weighted by Crippen LogP contribution is -2.49. The smallest absolute Gasteiger partial charge is 0.209 e. The predicted molar refractivity (Wildman–Crippen MR) is 107 cm³/mol. The van der Waals surface area contributed by atoms with E-state index in [1.165, 1.54) is 23.4 Å². The van der Waals surface area contributed by atoms with Gasteiger partial charge < -0.3 is 14.2 Å². The summed E-state index contributed by atoms with van der Waals surface area (Å²) in [5.74, 6) is 1.42. The molecule has 27 heavy (non-hydrogen) atoms. The summed E-state index contributed by atoms with van der Waals surface area (Å²) in [6, 6.07) is 15.5. The summed E-state index contributed by atoms with van der Waals surface area (Å²) in [6.45, 7) is 5.25. The molecule has 2 atom stereocenters. The number of piperidine rings is 1. The maximum absolute atomic E-state index is 5.97. The highest BCUT2D eigenvalue weighted by atomic mass is 16.3. The molecule has 0 radical (unpaired) electrons. The molecule has 5 nitrogen and oxygen atoms in total. The Morgan fingerprint density at radius 2 is 2.00 bits per heavy atom. The van der Waals surface area contributed by atoms with Crippen LogP contribution in [0.5, 0.6) is 0 Å². The molecule has 3 aliphatic rings. The van der Waals surface area contributed by atoms with Gasteiger partial charge in [0, 0.05) is 45.2 Å². The van der Waals surface area contributed by atoms with Gasteiger partial charge in [-0.15, -0.1) is 0 Å². The van der Waals surface area contributed by atoms with Gasteiger partial charge in [-0.25, -0.2) is 4.98 Å². The van der Waals surface area contributed by atoms with Crippen molar-refractivity contribution in [3.63, 3.8) is 0 Å². The first kappa shape index (κ1) is 15.5. The number of likely N-dealkylation sites (tertiary alicyclic amines) is 1. The second-order valence-corrected chi connectivity index (χ2v) is 8.10. The molecular weight excluding hydrogens is 336 g/mol. The van der Waals surface area contributed by atoms with Crippen molar-refractivity contribution in [3.8, 4) is 0 Å². The number of anilines is 2. The van der Waals surface area contributed by atoms with E-state index in [1.54, 1.807) is 0 Å². The molecule has 0 N–H and O–H groups in total. The lowest BCUT2D eigenvalue weighted by atomic mass is 9.89. The van der Waals surface area contributed by atoms with E-state index < -0.39 is 0 Å². The van der Waals surface area contributed by atoms with Gasteiger partial charge in [0.15, 0.2) is 5.58 Å². The number of benzene rings is 2. The molecule has 138 valence electrons. The zero-order valence-corrected chi connectivity index (χ0v) is 15.6. The molecule has 2 aromatic carbocycles. The molecule has 4 heterocycles. The van der Waals surface area contributed by atoms with E-state index in [0.717, 1.165) is 49.7 Å². The van der Waals surface area contributed by atoms with Gasteiger partial charge in [-0.2, -0.15) is 0 Å². The van der Waals surface area contributed by atoms with Gasteiger partial charge in [0.1, 0.15) is 5.52 Å². The Bertz CT molecular complexity index is 979. The van der Waals surface area contributed by atoms with Gasteiger partial charge in [0.25, 0.3) is 0 Å². The Kier molecular flexibility index (Phi) is 3.29. The van der Waals surface area contributed by atoms with Gasteiger partial charge in [-0.3, -0.25) is 4.90 Å². The van der Waals surface area contributed by atoms with Gasteiger partial charge in [0.05, 0.1) is 17.9 Å². The van der Waals surface area contributed by atoms with Crippen molar-refractivity contribution in [1.29, 1.82) is 0 Å². The van der Waals surface area contributed by atoms with Crippen molar-refractivity contribution in [1.82, 2.24) is 9.88 Å². The molecular formula is C22H24N4O. The number of aromatic nitrogens is 1. The van der Waals surface area contributed by atoms with Crippen molar-refractivity contribution >= 4 is 22.5 Å². The number of hydrogen-bond donors (Lipinski definition) is 0. The zero-order chi connectivity index (χ0) is 18.0. The molecule has 1 fully saturated rings. The van der Waals surface area contributed by atoms with Crippen LogP contribution in [-0.4, -0.2) is 49.2 Å². The highest BCUT2D eigenvalue weighted by molar-refractivity contribution is 5.80. The molecule has 0 aliphatic carbocycles. The average Bonchev–Trinajstić information content (AvgIpc) is 3.24. The van der Waals surface area contributed by atoms with E-state index in [9.17, 15) is 0 Å². The summed E-state index contributed by atoms with van der Waals surface area (Å²) in [5, 5.41) is 0. The van der Waals surface area contributed by atoms with Crippen LogP contribution >= 0.6 is 0 Å². The van der Waals surface area contributed by atoms with E-state index in [-0.39, 0.29) is 0 Å². The molecule has 0 saturated carbocycles. The van der Waals surface area contributed by atoms with Crippen LogP contribution in [0.2, 0.25) is 0 Å². The summed E-state index contributed by atoms with van der Waals surface area (Å²) in [5.41, 5.74) is 6.27. The molecule has 0 bridgehead atoms. The van der Waals surface area contributed by atoms with Gasteiger partial charge in [-0.1, -0.05) is 24.3 Å². The Labute approximate surface area is 159 Å². The van der Waals surface area contributed by atoms with Crippen LogP contribution in [0.25, 0.3) is 11.1 Å². The van der Waals surface area contributed by atoms with E-state index in [4.69, 9.17) is 4.42 Å². The monoisotopic (exact) mass is 360 g/mol. The second kappa shape index (κ2) is 5.73. The summed E-state index contributed by atoms with van der Waals surface area (Å²) in [6.07, 6.45) is 1.21. The van der Waals surface area contributed by atoms with E-state index in [1.807, 2.05) is 24.3 Å². The molecule has 0 amide bonds. The predicted octanol–water partition coefficient (Wildman–Crippen LogP) is 3.46. The number of hydrogen-bond acceptors (Lipinski definition) is 5. The number of oxazole rings is 1. The Balaban J connectivity index is 1.28. The fraction of sp³-hybridized carbons (Fsp3) is 0.409. The van der Waals surface area contributed by atoms with E-state index in [2.05, 4.69) is 44.9 Å². The minimum atomic E-state index is 0.588. The Morgan fingerprint density at radius 1 is 1.07 bits per heavy atom. The highest BCUT2D eigenvalue weighted by Gasteiger charge is 2.44. The number of fused-ring (bicyclic) bond motifs is 4. The maximum atomic E-state index is 5.97. The molecule has 3 aromatic rings. The summed E-state index contributed by atoms with van der Waals surface area (Å²) >= 11 is 0. The second-order valence-electron chi connectivity index (χ2n) is 8.10. The zero-order valence-electron chi connectivity index (χ0n) is 15.6. The molecule has 1 saturated heterocycles. The Morgan fingerprint density at radius 3 is 2.93 bits per heavy atom. The van der Waals surface area contributed by atoms with Crippen LogP contribution in [0.3, 0.4) is 0 Å². The lowest BCUT2D eigenvalue weighted by molar-refractivity contribution is 0.172. The molecule has 0 spiro atoms. The number of para-hydroxylation sites is 3. The van der Waals surface area contributed by atoms with Crippen molar-refractivity contribution in [2.75, 3.05) is 43.0 Å². The van der Waals surface area contributed by atoms with Crippen LogP contribution in [0.4, 0.5) is 11.4 Å². The molecule has 0 unspecified atom stereocenters. The minimum Gasteiger partial charge on any atom is -0.439 e. The summed E-state index contributed by atoms with van der Waals surface area (Å²) < 4.78 is 5.97. The normalized spacial score (nSPS) is 24.3. The fourth-order valence-corrected chi connectivity index (χ4v) is 5.30. The Hall–Kier alpha value is -2.53. The van der Waals surface area contributed by atoms with Gasteiger partial charge in [-0.05, 0) is 30.2 Å². The van der Waals surface area contributed by atoms with Gasteiger partial charge >= 0.3 is 0 Å². The molecule has 6 rings (SSSR count). The standard InChI is InChI=1S/C22H24N4O/c1-24-11-12-26-18-9-10-25(13-16(18)15-5-4-7-19(24)22(15)26)14-21-23-17-6-2-3-8-20(17)27-21/h2-8,16,18H,9-14H2,1H3/t16-,18-/m0/s1. The SMILES string of the molecule is CN1CCN2c3c(cccc31)[C@@H]1CN(Cc3nc4ccccc4o3)CC[C@@H]12. The lowest BCUT2D eigenvalue weighted by Gasteiger charge is -2.41. The van der Waals surface area contributed by atoms with E-state index >= 15 is 0 Å². The first-order valence-electron chi connectivity index (χ1n) is 9.95. The first-order valence-corrected chi connectivity index (χ1v) is 9.95. The fourth-order valence-electron chi connectivity index (χ4n) is 5.30. The van der Waals surface area contributed by atoms with E-state index in [0.29, 0.717) is 12.0 Å². The van der Waals surface area contributed by atoms with Crippen molar-refractivity contribution < 1.29 is 4.42 Å². The van der Waals surface area contributed by atoms with Crippen LogP contribution in [0, 0.1) is 0 Å². The molecule has 5 heteroatoms. The average molecular weight is 360 g/mol. The van der Waals surface area contributed by atoms with Crippen LogP contribution in [0.15, 0.2) is 46.9 Å². The van der Waals surface area contributed by atoms with Crippen LogP contribution < -0.4 is 9.80 Å². The van der Waals surface area contributed by atoms with Crippen molar-refractivity contribution in [2.24, 2.45) is 0 Å². The van der Waals surface area contributed by atoms with Crippen molar-refractivity contribution in [3.05, 3.63) is 53.9 Å². The number of nitrogens with zero attached hydrogens (tertiary/aromatic N) is 4. The topological polar surface area (TPSA) is 35.8 Å². The van der Waals surface area contributed by atoms with Crippen LogP contribution in [-0.2, 0) is 6.54 Å².